The molecule has 1 aliphatic heterocycles. The highest BCUT2D eigenvalue weighted by molar-refractivity contribution is 6.03. The first-order chi connectivity index (χ1) is 10.5. The second kappa shape index (κ2) is 7.26. The number of nitrogens with zero attached hydrogens (tertiary/aromatic N) is 1. The van der Waals surface area contributed by atoms with Crippen LogP contribution < -0.4 is 15.0 Å². The van der Waals surface area contributed by atoms with E-state index in [1.54, 1.807) is 7.11 Å². The Kier molecular flexibility index (Phi) is 5.38. The number of hydrogen-bond acceptors (Lipinski definition) is 3. The number of amides is 3. The Hall–Kier alpha value is -2.08. The number of quaternary nitrogens is 1. The van der Waals surface area contributed by atoms with Gasteiger partial charge in [-0.1, -0.05) is 13.3 Å². The van der Waals surface area contributed by atoms with Gasteiger partial charge in [-0.25, -0.2) is 9.69 Å². The van der Waals surface area contributed by atoms with Crippen LogP contribution in [-0.2, 0) is 11.3 Å². The molecule has 0 spiro atoms. The number of ether oxygens (including phenoxy) is 1. The summed E-state index contributed by atoms with van der Waals surface area (Å²) in [6.45, 7) is 3.11. The number of imide groups is 1. The molecule has 1 aliphatic rings. The van der Waals surface area contributed by atoms with E-state index in [4.69, 9.17) is 4.74 Å². The van der Waals surface area contributed by atoms with Crippen molar-refractivity contribution in [2.24, 2.45) is 0 Å². The van der Waals surface area contributed by atoms with Gasteiger partial charge in [-0.3, -0.25) is 4.79 Å². The molecule has 22 heavy (non-hydrogen) atoms. The smallest absolute Gasteiger partial charge is 0.329 e. The summed E-state index contributed by atoms with van der Waals surface area (Å²) in [5, 5.41) is 2.75. The summed E-state index contributed by atoms with van der Waals surface area (Å²) in [6, 6.07) is 7.17. The number of urea groups is 1. The summed E-state index contributed by atoms with van der Waals surface area (Å²) < 4.78 is 5.13. The maximum atomic E-state index is 12.2. The van der Waals surface area contributed by atoms with Crippen LogP contribution in [0.4, 0.5) is 4.79 Å². The van der Waals surface area contributed by atoms with E-state index in [0.717, 1.165) is 29.2 Å². The van der Waals surface area contributed by atoms with Crippen LogP contribution in [0.15, 0.2) is 24.3 Å². The molecule has 6 heteroatoms. The summed E-state index contributed by atoms with van der Waals surface area (Å²) in [4.78, 5) is 26.5. The number of nitrogens with one attached hydrogen (secondary N) is 2. The second-order valence-electron chi connectivity index (χ2n) is 5.70. The minimum atomic E-state index is -0.355. The number of hydrogen-bond donors (Lipinski definition) is 2. The van der Waals surface area contributed by atoms with Crippen molar-refractivity contribution in [1.82, 2.24) is 10.2 Å². The third kappa shape index (κ3) is 3.76. The summed E-state index contributed by atoms with van der Waals surface area (Å²) in [5.41, 5.74) is 1.13. The lowest BCUT2D eigenvalue weighted by atomic mass is 10.2. The number of methoxy groups -OCH3 is 1. The first-order valence-electron chi connectivity index (χ1n) is 7.61. The van der Waals surface area contributed by atoms with Gasteiger partial charge in [-0.2, -0.15) is 0 Å². The lowest BCUT2D eigenvalue weighted by Crippen LogP contribution is -3.09. The van der Waals surface area contributed by atoms with Gasteiger partial charge in [-0.05, 0) is 30.7 Å². The Balaban J connectivity index is 1.92. The highest BCUT2D eigenvalue weighted by atomic mass is 16.5. The first kappa shape index (κ1) is 16.3. The molecular weight excluding hydrogens is 282 g/mol. The van der Waals surface area contributed by atoms with Gasteiger partial charge in [0.1, 0.15) is 18.3 Å². The number of carbonyl (C=O) groups is 2. The number of benzene rings is 1. The Morgan fingerprint density at radius 1 is 1.27 bits per heavy atom. The molecule has 120 valence electrons. The molecule has 1 unspecified atom stereocenters. The molecule has 1 fully saturated rings. The lowest BCUT2D eigenvalue weighted by Gasteiger charge is -2.19. The van der Waals surface area contributed by atoms with Gasteiger partial charge in [0, 0.05) is 5.56 Å². The van der Waals surface area contributed by atoms with E-state index in [-0.39, 0.29) is 18.0 Å². The molecule has 1 aromatic carbocycles. The molecule has 0 aromatic heterocycles. The molecule has 0 saturated carbocycles. The quantitative estimate of drug-likeness (QED) is 0.716. The number of carbonyl (C=O) groups excluding carboxylic acids is 2. The minimum Gasteiger partial charge on any atom is -0.497 e. The lowest BCUT2D eigenvalue weighted by molar-refractivity contribution is -0.901. The third-order valence-corrected chi connectivity index (χ3v) is 3.78. The van der Waals surface area contributed by atoms with E-state index in [1.165, 1.54) is 4.90 Å². The molecular formula is C16H24N3O3+. The van der Waals surface area contributed by atoms with Crippen molar-refractivity contribution in [3.8, 4) is 5.75 Å². The molecule has 0 radical (unpaired) electrons. The predicted octanol–water partition coefficient (Wildman–Crippen LogP) is 0.388. The van der Waals surface area contributed by atoms with E-state index in [0.29, 0.717) is 13.1 Å². The van der Waals surface area contributed by atoms with Gasteiger partial charge in [0.2, 0.25) is 0 Å². The third-order valence-electron chi connectivity index (χ3n) is 3.78. The monoisotopic (exact) mass is 306 g/mol. The first-order valence-corrected chi connectivity index (χ1v) is 7.61. The van der Waals surface area contributed by atoms with E-state index in [9.17, 15) is 9.59 Å². The van der Waals surface area contributed by atoms with Gasteiger partial charge >= 0.3 is 6.03 Å². The Labute approximate surface area is 131 Å². The van der Waals surface area contributed by atoms with Crippen molar-refractivity contribution in [3.63, 3.8) is 0 Å². The van der Waals surface area contributed by atoms with Gasteiger partial charge < -0.3 is 15.0 Å². The normalized spacial score (nSPS) is 19.2. The van der Waals surface area contributed by atoms with Crippen LogP contribution >= 0.6 is 0 Å². The number of rotatable bonds is 7. The highest BCUT2D eigenvalue weighted by Crippen LogP contribution is 2.11. The summed E-state index contributed by atoms with van der Waals surface area (Å²) in [7, 11) is 3.61. The fraction of sp³-hybridized carbons (Fsp3) is 0.500. The van der Waals surface area contributed by atoms with Crippen molar-refractivity contribution in [3.05, 3.63) is 29.8 Å². The zero-order chi connectivity index (χ0) is 16.1. The molecule has 1 heterocycles. The van der Waals surface area contributed by atoms with Gasteiger partial charge in [-0.15, -0.1) is 0 Å². The van der Waals surface area contributed by atoms with E-state index in [1.807, 2.05) is 38.2 Å². The molecule has 0 aliphatic carbocycles. The fourth-order valence-corrected chi connectivity index (χ4v) is 2.63. The molecule has 6 nitrogen and oxygen atoms in total. The molecule has 2 rings (SSSR count). The van der Waals surface area contributed by atoms with E-state index < -0.39 is 0 Å². The minimum absolute atomic E-state index is 0.110. The maximum absolute atomic E-state index is 12.2. The molecule has 2 N–H and O–H groups in total. The van der Waals surface area contributed by atoms with Crippen molar-refractivity contribution in [2.75, 3.05) is 20.8 Å². The average Bonchev–Trinajstić information content (AvgIpc) is 2.76. The van der Waals surface area contributed by atoms with Crippen molar-refractivity contribution < 1.29 is 19.2 Å². The second-order valence-corrected chi connectivity index (χ2v) is 5.70. The van der Waals surface area contributed by atoms with Crippen LogP contribution in [-0.4, -0.2) is 43.7 Å². The molecule has 3 amide bonds. The Morgan fingerprint density at radius 3 is 2.55 bits per heavy atom. The van der Waals surface area contributed by atoms with Crippen LogP contribution in [0.2, 0.25) is 0 Å². The van der Waals surface area contributed by atoms with E-state index in [2.05, 4.69) is 5.32 Å². The van der Waals surface area contributed by atoms with Crippen LogP contribution in [0.1, 0.15) is 25.3 Å². The molecule has 0 bridgehead atoms. The van der Waals surface area contributed by atoms with Gasteiger partial charge in [0.25, 0.3) is 5.91 Å². The largest absolute Gasteiger partial charge is 0.497 e. The maximum Gasteiger partial charge on any atom is 0.329 e. The standard InChI is InChI=1S/C16H23N3O3/c1-4-5-14-15(20)19(16(21)17-14)11-18(2)10-12-6-8-13(22-3)9-7-12/h6-9,14H,4-5,10-11H2,1-3H3,(H,17,21)/p+1/t14-/m0/s1. The topological polar surface area (TPSA) is 63.1 Å². The van der Waals surface area contributed by atoms with Crippen LogP contribution in [0, 0.1) is 0 Å². The molecule has 1 aromatic rings. The van der Waals surface area contributed by atoms with Crippen LogP contribution in [0.25, 0.3) is 0 Å². The van der Waals surface area contributed by atoms with Gasteiger partial charge in [0.05, 0.1) is 14.2 Å². The van der Waals surface area contributed by atoms with Crippen LogP contribution in [0.5, 0.6) is 5.75 Å². The Bertz CT molecular complexity index is 530. The molecule has 1 saturated heterocycles. The van der Waals surface area contributed by atoms with Gasteiger partial charge in [0.15, 0.2) is 6.67 Å². The average molecular weight is 306 g/mol. The molecule has 2 atom stereocenters. The highest BCUT2D eigenvalue weighted by Gasteiger charge is 2.38. The predicted molar refractivity (Wildman–Crippen MR) is 82.5 cm³/mol. The van der Waals surface area contributed by atoms with Crippen molar-refractivity contribution in [1.29, 1.82) is 0 Å². The zero-order valence-electron chi connectivity index (χ0n) is 13.4. The Morgan fingerprint density at radius 2 is 1.95 bits per heavy atom. The van der Waals surface area contributed by atoms with Crippen molar-refractivity contribution in [2.45, 2.75) is 32.4 Å². The summed E-state index contributed by atoms with van der Waals surface area (Å²) in [6.07, 6.45) is 1.57. The summed E-state index contributed by atoms with van der Waals surface area (Å²) >= 11 is 0. The fourth-order valence-electron chi connectivity index (χ4n) is 2.63. The zero-order valence-corrected chi connectivity index (χ0v) is 13.4. The van der Waals surface area contributed by atoms with Crippen LogP contribution in [0.3, 0.4) is 0 Å². The SMILES string of the molecule is CCC[C@@H]1NC(=O)N(C[NH+](C)Cc2ccc(OC)cc2)C1=O. The van der Waals surface area contributed by atoms with Crippen molar-refractivity contribution >= 4 is 11.9 Å². The summed E-state index contributed by atoms with van der Waals surface area (Å²) in [5.74, 6) is 0.707. The van der Waals surface area contributed by atoms with E-state index >= 15 is 0 Å².